The molecule has 100 valence electrons. The zero-order valence-electron chi connectivity index (χ0n) is 10.8. The van der Waals surface area contributed by atoms with Crippen LogP contribution in [0.1, 0.15) is 26.7 Å². The SMILES string of the molecule is C[C@@H]1CN(C(=O)CCCS(C)(=O)=O)C[C@@H](C)N1. The minimum atomic E-state index is -2.96. The molecular formula is C11H22N2O3S. The minimum absolute atomic E-state index is 0.0638. The first-order chi connectivity index (χ1) is 7.78. The number of piperazine rings is 1. The molecule has 0 unspecified atom stereocenters. The van der Waals surface area contributed by atoms with E-state index in [2.05, 4.69) is 5.32 Å². The lowest BCUT2D eigenvalue weighted by atomic mass is 10.1. The zero-order valence-corrected chi connectivity index (χ0v) is 11.6. The van der Waals surface area contributed by atoms with Crippen LogP contribution in [-0.2, 0) is 14.6 Å². The van der Waals surface area contributed by atoms with Crippen LogP contribution in [0, 0.1) is 0 Å². The Hall–Kier alpha value is -0.620. The molecule has 1 N–H and O–H groups in total. The van der Waals surface area contributed by atoms with Gasteiger partial charge < -0.3 is 10.2 Å². The highest BCUT2D eigenvalue weighted by Crippen LogP contribution is 2.07. The van der Waals surface area contributed by atoms with Crippen LogP contribution in [-0.4, -0.2) is 56.4 Å². The second kappa shape index (κ2) is 5.82. The van der Waals surface area contributed by atoms with E-state index in [-0.39, 0.29) is 11.7 Å². The third kappa shape index (κ3) is 5.50. The first kappa shape index (κ1) is 14.4. The van der Waals surface area contributed by atoms with Crippen molar-refractivity contribution < 1.29 is 13.2 Å². The van der Waals surface area contributed by atoms with Crippen molar-refractivity contribution in [3.63, 3.8) is 0 Å². The normalized spacial score (nSPS) is 25.9. The third-order valence-electron chi connectivity index (χ3n) is 2.82. The Morgan fingerprint density at radius 2 is 1.82 bits per heavy atom. The van der Waals surface area contributed by atoms with Gasteiger partial charge in [0.25, 0.3) is 0 Å². The smallest absolute Gasteiger partial charge is 0.222 e. The summed E-state index contributed by atoms with van der Waals surface area (Å²) in [6.07, 6.45) is 1.95. The Labute approximate surface area is 103 Å². The van der Waals surface area contributed by atoms with E-state index in [9.17, 15) is 13.2 Å². The van der Waals surface area contributed by atoms with Gasteiger partial charge in [0.2, 0.25) is 5.91 Å². The van der Waals surface area contributed by atoms with E-state index in [0.717, 1.165) is 0 Å². The van der Waals surface area contributed by atoms with Crippen molar-refractivity contribution in [2.45, 2.75) is 38.8 Å². The van der Waals surface area contributed by atoms with Crippen molar-refractivity contribution in [3.05, 3.63) is 0 Å². The van der Waals surface area contributed by atoms with Crippen molar-refractivity contribution in [3.8, 4) is 0 Å². The number of hydrogen-bond donors (Lipinski definition) is 1. The topological polar surface area (TPSA) is 66.5 Å². The van der Waals surface area contributed by atoms with Gasteiger partial charge in [-0.25, -0.2) is 8.42 Å². The van der Waals surface area contributed by atoms with Crippen LogP contribution < -0.4 is 5.32 Å². The lowest BCUT2D eigenvalue weighted by Crippen LogP contribution is -2.55. The van der Waals surface area contributed by atoms with Crippen LogP contribution in [0.15, 0.2) is 0 Å². The standard InChI is InChI=1S/C11H22N2O3S/c1-9-7-13(8-10(2)12-9)11(14)5-4-6-17(3,15)16/h9-10,12H,4-8H2,1-3H3/t9-,10-/m1/s1. The Balaban J connectivity index is 2.37. The highest BCUT2D eigenvalue weighted by molar-refractivity contribution is 7.90. The summed E-state index contributed by atoms with van der Waals surface area (Å²) in [5.74, 6) is 0.157. The second-order valence-electron chi connectivity index (χ2n) is 5.00. The van der Waals surface area contributed by atoms with E-state index >= 15 is 0 Å². The number of rotatable bonds is 4. The maximum absolute atomic E-state index is 11.9. The summed E-state index contributed by atoms with van der Waals surface area (Å²) in [5, 5.41) is 3.35. The summed E-state index contributed by atoms with van der Waals surface area (Å²) in [7, 11) is -2.96. The van der Waals surface area contributed by atoms with E-state index in [1.807, 2.05) is 18.7 Å². The molecule has 1 saturated heterocycles. The van der Waals surface area contributed by atoms with Gasteiger partial charge in [-0.2, -0.15) is 0 Å². The number of carbonyl (C=O) groups excluding carboxylic acids is 1. The lowest BCUT2D eigenvalue weighted by molar-refractivity contribution is -0.132. The van der Waals surface area contributed by atoms with Crippen LogP contribution in [0.2, 0.25) is 0 Å². The molecule has 0 aliphatic carbocycles. The summed E-state index contributed by atoms with van der Waals surface area (Å²) in [5.41, 5.74) is 0. The van der Waals surface area contributed by atoms with Gasteiger partial charge in [0.15, 0.2) is 0 Å². The first-order valence-corrected chi connectivity index (χ1v) is 8.05. The average molecular weight is 262 g/mol. The molecule has 5 nitrogen and oxygen atoms in total. The predicted octanol–water partition coefficient (Wildman–Crippen LogP) is 0.0200. The molecule has 6 heteroatoms. The number of hydrogen-bond acceptors (Lipinski definition) is 4. The van der Waals surface area contributed by atoms with Crippen molar-refractivity contribution in [1.29, 1.82) is 0 Å². The van der Waals surface area contributed by atoms with Crippen LogP contribution in [0.25, 0.3) is 0 Å². The molecule has 0 saturated carbocycles. The molecule has 1 aliphatic heterocycles. The van der Waals surface area contributed by atoms with E-state index < -0.39 is 9.84 Å². The Kier molecular flexibility index (Phi) is 4.94. The fourth-order valence-corrected chi connectivity index (χ4v) is 2.84. The van der Waals surface area contributed by atoms with Gasteiger partial charge in [-0.15, -0.1) is 0 Å². The van der Waals surface area contributed by atoms with Gasteiger partial charge in [0.05, 0.1) is 5.75 Å². The van der Waals surface area contributed by atoms with Crippen molar-refractivity contribution in [2.75, 3.05) is 25.1 Å². The number of amides is 1. The largest absolute Gasteiger partial charge is 0.340 e. The third-order valence-corrected chi connectivity index (χ3v) is 3.85. The van der Waals surface area contributed by atoms with Gasteiger partial charge >= 0.3 is 0 Å². The number of nitrogens with zero attached hydrogens (tertiary/aromatic N) is 1. The average Bonchev–Trinajstić information content (AvgIpc) is 2.13. The maximum Gasteiger partial charge on any atom is 0.222 e. The van der Waals surface area contributed by atoms with Crippen molar-refractivity contribution in [1.82, 2.24) is 10.2 Å². The monoisotopic (exact) mass is 262 g/mol. The van der Waals surface area contributed by atoms with Crippen LogP contribution >= 0.6 is 0 Å². The van der Waals surface area contributed by atoms with E-state index in [1.54, 1.807) is 0 Å². The first-order valence-electron chi connectivity index (χ1n) is 5.99. The molecule has 0 radical (unpaired) electrons. The molecule has 2 atom stereocenters. The molecule has 0 aromatic carbocycles. The molecular weight excluding hydrogens is 240 g/mol. The molecule has 0 spiro atoms. The quantitative estimate of drug-likeness (QED) is 0.775. The molecule has 1 amide bonds. The van der Waals surface area contributed by atoms with Crippen molar-refractivity contribution >= 4 is 15.7 Å². The van der Waals surface area contributed by atoms with Gasteiger partial charge in [-0.1, -0.05) is 0 Å². The molecule has 1 rings (SSSR count). The molecule has 0 aromatic heterocycles. The van der Waals surface area contributed by atoms with Gasteiger partial charge in [0, 0.05) is 37.8 Å². The number of nitrogens with one attached hydrogen (secondary N) is 1. The fourth-order valence-electron chi connectivity index (χ4n) is 2.17. The van der Waals surface area contributed by atoms with Gasteiger partial charge in [-0.05, 0) is 20.3 Å². The summed E-state index contributed by atoms with van der Waals surface area (Å²) in [4.78, 5) is 13.7. The Bertz CT molecular complexity index is 357. The lowest BCUT2D eigenvalue weighted by Gasteiger charge is -2.36. The summed E-state index contributed by atoms with van der Waals surface area (Å²) in [6.45, 7) is 5.52. The van der Waals surface area contributed by atoms with Crippen LogP contribution in [0.5, 0.6) is 0 Å². The number of carbonyl (C=O) groups is 1. The second-order valence-corrected chi connectivity index (χ2v) is 7.26. The summed E-state index contributed by atoms with van der Waals surface area (Å²) >= 11 is 0. The summed E-state index contributed by atoms with van der Waals surface area (Å²) in [6, 6.07) is 0.607. The molecule has 1 fully saturated rings. The van der Waals surface area contributed by atoms with Crippen molar-refractivity contribution in [2.24, 2.45) is 0 Å². The molecule has 1 heterocycles. The van der Waals surface area contributed by atoms with Crippen LogP contribution in [0.3, 0.4) is 0 Å². The number of sulfone groups is 1. The molecule has 0 aromatic rings. The molecule has 1 aliphatic rings. The minimum Gasteiger partial charge on any atom is -0.340 e. The van der Waals surface area contributed by atoms with Gasteiger partial charge in [0.1, 0.15) is 9.84 Å². The summed E-state index contributed by atoms with van der Waals surface area (Å²) < 4.78 is 21.9. The predicted molar refractivity (Wildman–Crippen MR) is 67.6 cm³/mol. The van der Waals surface area contributed by atoms with E-state index in [0.29, 0.717) is 38.0 Å². The van der Waals surface area contributed by atoms with E-state index in [1.165, 1.54) is 6.26 Å². The van der Waals surface area contributed by atoms with E-state index in [4.69, 9.17) is 0 Å². The maximum atomic E-state index is 11.9. The zero-order chi connectivity index (χ0) is 13.1. The molecule has 17 heavy (non-hydrogen) atoms. The molecule has 0 bridgehead atoms. The van der Waals surface area contributed by atoms with Gasteiger partial charge in [-0.3, -0.25) is 4.79 Å². The highest BCUT2D eigenvalue weighted by Gasteiger charge is 2.24. The Morgan fingerprint density at radius 3 is 2.29 bits per heavy atom. The van der Waals surface area contributed by atoms with Crippen LogP contribution in [0.4, 0.5) is 0 Å². The highest BCUT2D eigenvalue weighted by atomic mass is 32.2. The fraction of sp³-hybridized carbons (Fsp3) is 0.909. The Morgan fingerprint density at radius 1 is 1.29 bits per heavy atom.